The average molecular weight is 563 g/mol. The van der Waals surface area contributed by atoms with Crippen molar-refractivity contribution in [3.8, 4) is 0 Å². The molecule has 0 saturated carbocycles. The summed E-state index contributed by atoms with van der Waals surface area (Å²) in [7, 11) is 0. The first-order valence-electron chi connectivity index (χ1n) is 13.4. The molecule has 218 valence electrons. The molecule has 2 aromatic carbocycles. The Morgan fingerprint density at radius 3 is 1.54 bits per heavy atom. The van der Waals surface area contributed by atoms with Crippen molar-refractivity contribution < 1.29 is 28.7 Å². The number of H-pyrrole nitrogens is 1. The van der Waals surface area contributed by atoms with E-state index < -0.39 is 47.0 Å². The molecule has 1 aromatic heterocycles. The highest BCUT2D eigenvalue weighted by atomic mass is 16.6. The summed E-state index contributed by atoms with van der Waals surface area (Å²) in [4.78, 5) is 52.0. The van der Waals surface area contributed by atoms with Gasteiger partial charge in [-0.2, -0.15) is 5.10 Å². The van der Waals surface area contributed by atoms with Gasteiger partial charge >= 0.3 is 11.9 Å². The summed E-state index contributed by atoms with van der Waals surface area (Å²) < 4.78 is 11.0. The standard InChI is InChI=1S/C31H38N4O6/c1-30(2,3)40-28(38)24(17-20-13-9-7-10-14-20)32-26(36)22-19-23(35-34-22)27(37)33-25(29(39)41-31(4,5)6)18-21-15-11-8-12-16-21/h7-16,19,24-25H,17-18H2,1-6H3,(H,32,36)(H,33,37)(H,34,35)/t24-,25-/m0/s1. The van der Waals surface area contributed by atoms with Crippen molar-refractivity contribution >= 4 is 23.8 Å². The number of aromatic amines is 1. The molecule has 0 radical (unpaired) electrons. The van der Waals surface area contributed by atoms with E-state index in [0.29, 0.717) is 0 Å². The van der Waals surface area contributed by atoms with Crippen LogP contribution >= 0.6 is 0 Å². The van der Waals surface area contributed by atoms with Crippen LogP contribution in [0.15, 0.2) is 66.7 Å². The second-order valence-electron chi connectivity index (χ2n) is 11.7. The molecule has 0 fully saturated rings. The Hall–Kier alpha value is -4.47. The highest BCUT2D eigenvalue weighted by Gasteiger charge is 2.30. The van der Waals surface area contributed by atoms with Gasteiger partial charge in [0.15, 0.2) is 5.69 Å². The SMILES string of the molecule is CC(C)(C)OC(=O)[C@H](Cc1ccccc1)NC(=O)c1cc(C(=O)N[C@@H](Cc2ccccc2)C(=O)OC(C)(C)C)[nH]n1. The third kappa shape index (κ3) is 10.2. The fraction of sp³-hybridized carbons (Fsp3) is 0.387. The van der Waals surface area contributed by atoms with Crippen LogP contribution in [0.2, 0.25) is 0 Å². The zero-order chi connectivity index (χ0) is 30.2. The maximum atomic E-state index is 13.1. The number of benzene rings is 2. The summed E-state index contributed by atoms with van der Waals surface area (Å²) in [6.45, 7) is 10.5. The minimum atomic E-state index is -0.986. The molecule has 10 heteroatoms. The molecule has 0 aliphatic heterocycles. The molecule has 0 aliphatic carbocycles. The van der Waals surface area contributed by atoms with Crippen LogP contribution in [0.25, 0.3) is 0 Å². The molecular formula is C31H38N4O6. The molecule has 3 rings (SSSR count). The van der Waals surface area contributed by atoms with Gasteiger partial charge < -0.3 is 20.1 Å². The lowest BCUT2D eigenvalue weighted by Gasteiger charge is -2.24. The summed E-state index contributed by atoms with van der Waals surface area (Å²) >= 11 is 0. The first-order chi connectivity index (χ1) is 19.2. The van der Waals surface area contributed by atoms with E-state index in [9.17, 15) is 19.2 Å². The largest absolute Gasteiger partial charge is 0.458 e. The van der Waals surface area contributed by atoms with Crippen molar-refractivity contribution in [1.82, 2.24) is 20.8 Å². The van der Waals surface area contributed by atoms with Gasteiger partial charge in [0.1, 0.15) is 29.0 Å². The Balaban J connectivity index is 1.74. The predicted molar refractivity (Wildman–Crippen MR) is 153 cm³/mol. The quantitative estimate of drug-likeness (QED) is 0.320. The van der Waals surface area contributed by atoms with E-state index in [-0.39, 0.29) is 24.2 Å². The monoisotopic (exact) mass is 562 g/mol. The van der Waals surface area contributed by atoms with Gasteiger partial charge in [0.25, 0.3) is 11.8 Å². The first kappa shape index (κ1) is 31.1. The van der Waals surface area contributed by atoms with Gasteiger partial charge in [-0.25, -0.2) is 9.59 Å². The summed E-state index contributed by atoms with van der Waals surface area (Å²) in [5, 5.41) is 11.9. The van der Waals surface area contributed by atoms with Gasteiger partial charge in [-0.15, -0.1) is 0 Å². The molecule has 2 amide bonds. The topological polar surface area (TPSA) is 139 Å². The van der Waals surface area contributed by atoms with Crippen molar-refractivity contribution in [2.75, 3.05) is 0 Å². The molecule has 2 atom stereocenters. The predicted octanol–water partition coefficient (Wildman–Crippen LogP) is 3.78. The summed E-state index contributed by atoms with van der Waals surface area (Å²) in [5.41, 5.74) is 0.0266. The Kier molecular flexibility index (Phi) is 10.0. The number of aromatic nitrogens is 2. The molecule has 0 spiro atoms. The third-order valence-corrected chi connectivity index (χ3v) is 5.61. The van der Waals surface area contributed by atoms with Crippen LogP contribution in [0.3, 0.4) is 0 Å². The number of nitrogens with one attached hydrogen (secondary N) is 3. The van der Waals surface area contributed by atoms with Gasteiger partial charge in [-0.3, -0.25) is 14.7 Å². The van der Waals surface area contributed by atoms with E-state index in [2.05, 4.69) is 20.8 Å². The number of amides is 2. The van der Waals surface area contributed by atoms with E-state index in [1.807, 2.05) is 60.7 Å². The Morgan fingerprint density at radius 2 is 1.12 bits per heavy atom. The lowest BCUT2D eigenvalue weighted by atomic mass is 10.0. The molecular weight excluding hydrogens is 524 g/mol. The van der Waals surface area contributed by atoms with Gasteiger partial charge in [0, 0.05) is 18.9 Å². The van der Waals surface area contributed by atoms with Gasteiger partial charge in [-0.05, 0) is 52.7 Å². The van der Waals surface area contributed by atoms with E-state index in [0.717, 1.165) is 11.1 Å². The number of rotatable bonds is 10. The van der Waals surface area contributed by atoms with Crippen molar-refractivity contribution in [3.05, 3.63) is 89.2 Å². The van der Waals surface area contributed by atoms with Crippen molar-refractivity contribution in [1.29, 1.82) is 0 Å². The highest BCUT2D eigenvalue weighted by molar-refractivity contribution is 6.00. The average Bonchev–Trinajstić information content (AvgIpc) is 3.38. The Morgan fingerprint density at radius 1 is 0.707 bits per heavy atom. The number of carbonyl (C=O) groups excluding carboxylic acids is 4. The lowest BCUT2D eigenvalue weighted by Crippen LogP contribution is -2.46. The van der Waals surface area contributed by atoms with E-state index >= 15 is 0 Å². The molecule has 3 aromatic rings. The van der Waals surface area contributed by atoms with Crippen LogP contribution in [-0.2, 0) is 31.9 Å². The number of hydrogen-bond donors (Lipinski definition) is 3. The maximum absolute atomic E-state index is 13.1. The summed E-state index contributed by atoms with van der Waals surface area (Å²) in [5.74, 6) is -2.49. The molecule has 3 N–H and O–H groups in total. The zero-order valence-corrected chi connectivity index (χ0v) is 24.3. The lowest BCUT2D eigenvalue weighted by molar-refractivity contribution is -0.158. The molecule has 1 heterocycles. The molecule has 0 bridgehead atoms. The van der Waals surface area contributed by atoms with Crippen molar-refractivity contribution in [3.63, 3.8) is 0 Å². The van der Waals surface area contributed by atoms with Crippen LogP contribution in [0, 0.1) is 0 Å². The zero-order valence-electron chi connectivity index (χ0n) is 24.3. The second-order valence-corrected chi connectivity index (χ2v) is 11.7. The van der Waals surface area contributed by atoms with Gasteiger partial charge in [0.05, 0.1) is 0 Å². The van der Waals surface area contributed by atoms with Crippen LogP contribution in [0.5, 0.6) is 0 Å². The van der Waals surface area contributed by atoms with Crippen molar-refractivity contribution in [2.24, 2.45) is 0 Å². The fourth-order valence-electron chi connectivity index (χ4n) is 3.85. The summed E-state index contributed by atoms with van der Waals surface area (Å²) in [6.07, 6.45) is 0.413. The number of hydrogen-bond acceptors (Lipinski definition) is 7. The number of ether oxygens (including phenoxy) is 2. The van der Waals surface area contributed by atoms with Crippen LogP contribution in [0.1, 0.15) is 73.6 Å². The van der Waals surface area contributed by atoms with E-state index in [1.54, 1.807) is 41.5 Å². The number of carbonyl (C=O) groups is 4. The smallest absolute Gasteiger partial charge is 0.329 e. The van der Waals surface area contributed by atoms with Crippen molar-refractivity contribution in [2.45, 2.75) is 77.7 Å². The summed E-state index contributed by atoms with van der Waals surface area (Å²) in [6, 6.07) is 17.7. The van der Waals surface area contributed by atoms with E-state index in [1.165, 1.54) is 6.07 Å². The Bertz CT molecular complexity index is 1240. The molecule has 10 nitrogen and oxygen atoms in total. The molecule has 0 aliphatic rings. The number of nitrogens with zero attached hydrogens (tertiary/aromatic N) is 1. The highest BCUT2D eigenvalue weighted by Crippen LogP contribution is 2.14. The molecule has 0 saturated heterocycles. The van der Waals surface area contributed by atoms with E-state index in [4.69, 9.17) is 9.47 Å². The first-order valence-corrected chi connectivity index (χ1v) is 13.4. The second kappa shape index (κ2) is 13.3. The minimum Gasteiger partial charge on any atom is -0.458 e. The van der Waals surface area contributed by atoms with Gasteiger partial charge in [-0.1, -0.05) is 60.7 Å². The number of esters is 2. The van der Waals surface area contributed by atoms with Crippen LogP contribution < -0.4 is 10.6 Å². The van der Waals surface area contributed by atoms with Crippen LogP contribution in [0.4, 0.5) is 0 Å². The molecule has 41 heavy (non-hydrogen) atoms. The third-order valence-electron chi connectivity index (χ3n) is 5.61. The Labute approximate surface area is 240 Å². The fourth-order valence-corrected chi connectivity index (χ4v) is 3.85. The normalized spacial score (nSPS) is 13.0. The minimum absolute atomic E-state index is 0.0337. The molecule has 0 unspecified atom stereocenters. The maximum Gasteiger partial charge on any atom is 0.329 e. The van der Waals surface area contributed by atoms with Crippen LogP contribution in [-0.4, -0.2) is 57.2 Å². The van der Waals surface area contributed by atoms with Gasteiger partial charge in [0.2, 0.25) is 0 Å².